The molecule has 114 valence electrons. The molecule has 0 aromatic rings. The minimum atomic E-state index is -0.597. The van der Waals surface area contributed by atoms with Crippen molar-refractivity contribution in [2.75, 3.05) is 12.8 Å². The van der Waals surface area contributed by atoms with Gasteiger partial charge in [0.2, 0.25) is 11.8 Å². The lowest BCUT2D eigenvalue weighted by Crippen LogP contribution is -2.71. The van der Waals surface area contributed by atoms with Crippen LogP contribution in [0.1, 0.15) is 46.5 Å². The van der Waals surface area contributed by atoms with Crippen LogP contribution in [-0.4, -0.2) is 46.3 Å². The third kappa shape index (κ3) is 2.69. The molecular weight excluding hydrogens is 272 g/mol. The van der Waals surface area contributed by atoms with E-state index in [1.165, 1.54) is 0 Å². The third-order valence-electron chi connectivity index (χ3n) is 4.58. The Labute approximate surface area is 126 Å². The average molecular weight is 298 g/mol. The number of hydrogen-bond donors (Lipinski definition) is 1. The van der Waals surface area contributed by atoms with Crippen LogP contribution < -0.4 is 5.32 Å². The van der Waals surface area contributed by atoms with Crippen molar-refractivity contribution in [1.29, 1.82) is 0 Å². The second-order valence-electron chi connectivity index (χ2n) is 6.47. The molecule has 0 bridgehead atoms. The lowest BCUT2D eigenvalue weighted by molar-refractivity contribution is -0.156. The number of piperazine rings is 1. The SMILES string of the molecule is CSC(C)CN1C(=O)C2(CCCC2)NC(=O)C1C(C)C. The predicted octanol–water partition coefficient (Wildman–Crippen LogP) is 2.03. The van der Waals surface area contributed by atoms with Crippen molar-refractivity contribution in [2.24, 2.45) is 5.92 Å². The summed E-state index contributed by atoms with van der Waals surface area (Å²) in [7, 11) is 0. The summed E-state index contributed by atoms with van der Waals surface area (Å²) in [6.07, 6.45) is 5.71. The topological polar surface area (TPSA) is 49.4 Å². The van der Waals surface area contributed by atoms with E-state index in [9.17, 15) is 9.59 Å². The molecule has 20 heavy (non-hydrogen) atoms. The zero-order valence-electron chi connectivity index (χ0n) is 12.9. The Morgan fingerprint density at radius 1 is 1.30 bits per heavy atom. The molecule has 1 aliphatic carbocycles. The summed E-state index contributed by atoms with van der Waals surface area (Å²) in [5.74, 6) is 0.329. The molecule has 0 aromatic carbocycles. The first-order valence-electron chi connectivity index (χ1n) is 7.57. The van der Waals surface area contributed by atoms with E-state index in [-0.39, 0.29) is 23.8 Å². The highest BCUT2D eigenvalue weighted by atomic mass is 32.2. The van der Waals surface area contributed by atoms with E-state index in [1.807, 2.05) is 18.7 Å². The highest BCUT2D eigenvalue weighted by molar-refractivity contribution is 7.99. The first-order chi connectivity index (χ1) is 9.41. The molecule has 1 aliphatic heterocycles. The van der Waals surface area contributed by atoms with Crippen LogP contribution >= 0.6 is 11.8 Å². The molecule has 0 aromatic heterocycles. The lowest BCUT2D eigenvalue weighted by Gasteiger charge is -2.46. The number of nitrogens with one attached hydrogen (secondary N) is 1. The molecular formula is C15H26N2O2S. The molecule has 2 amide bonds. The predicted molar refractivity (Wildman–Crippen MR) is 82.7 cm³/mol. The second kappa shape index (κ2) is 5.96. The van der Waals surface area contributed by atoms with Gasteiger partial charge in [-0.25, -0.2) is 0 Å². The number of thioether (sulfide) groups is 1. The van der Waals surface area contributed by atoms with Gasteiger partial charge in [-0.1, -0.05) is 33.6 Å². The largest absolute Gasteiger partial charge is 0.340 e. The van der Waals surface area contributed by atoms with Gasteiger partial charge in [0.1, 0.15) is 11.6 Å². The fourth-order valence-electron chi connectivity index (χ4n) is 3.43. The number of carbonyl (C=O) groups excluding carboxylic acids is 2. The smallest absolute Gasteiger partial charge is 0.249 e. The van der Waals surface area contributed by atoms with Crippen molar-refractivity contribution in [3.05, 3.63) is 0 Å². The molecule has 5 heteroatoms. The van der Waals surface area contributed by atoms with Gasteiger partial charge in [-0.3, -0.25) is 9.59 Å². The maximum absolute atomic E-state index is 13.0. The maximum Gasteiger partial charge on any atom is 0.249 e. The van der Waals surface area contributed by atoms with Gasteiger partial charge in [0, 0.05) is 11.8 Å². The third-order valence-corrected chi connectivity index (χ3v) is 5.54. The fourth-order valence-corrected chi connectivity index (χ4v) is 3.74. The normalized spacial score (nSPS) is 27.2. The number of hydrogen-bond acceptors (Lipinski definition) is 3. The monoisotopic (exact) mass is 298 g/mol. The molecule has 2 unspecified atom stereocenters. The minimum Gasteiger partial charge on any atom is -0.340 e. The molecule has 2 fully saturated rings. The van der Waals surface area contributed by atoms with Crippen molar-refractivity contribution in [1.82, 2.24) is 10.2 Å². The zero-order valence-corrected chi connectivity index (χ0v) is 13.8. The summed E-state index contributed by atoms with van der Waals surface area (Å²) in [4.78, 5) is 27.3. The second-order valence-corrected chi connectivity index (χ2v) is 7.75. The van der Waals surface area contributed by atoms with E-state index in [0.29, 0.717) is 11.8 Å². The summed E-state index contributed by atoms with van der Waals surface area (Å²) >= 11 is 1.74. The molecule has 1 N–H and O–H groups in total. The van der Waals surface area contributed by atoms with Crippen molar-refractivity contribution >= 4 is 23.6 Å². The quantitative estimate of drug-likeness (QED) is 0.864. The molecule has 2 rings (SSSR count). The van der Waals surface area contributed by atoms with Crippen molar-refractivity contribution in [3.63, 3.8) is 0 Å². The van der Waals surface area contributed by atoms with Crippen LogP contribution in [0.4, 0.5) is 0 Å². The van der Waals surface area contributed by atoms with Crippen LogP contribution in [0.2, 0.25) is 0 Å². The van der Waals surface area contributed by atoms with E-state index in [0.717, 1.165) is 25.7 Å². The van der Waals surface area contributed by atoms with Gasteiger partial charge in [-0.05, 0) is 25.0 Å². The Morgan fingerprint density at radius 2 is 1.90 bits per heavy atom. The number of rotatable bonds is 4. The Bertz CT molecular complexity index is 391. The standard InChI is InChI=1S/C15H26N2O2S/c1-10(2)12-13(18)16-15(7-5-6-8-15)14(19)17(12)9-11(3)20-4/h10-12H,5-9H2,1-4H3,(H,16,18). The van der Waals surface area contributed by atoms with Gasteiger partial charge in [-0.15, -0.1) is 0 Å². The van der Waals surface area contributed by atoms with Crippen LogP contribution in [0.25, 0.3) is 0 Å². The number of nitrogens with zero attached hydrogens (tertiary/aromatic N) is 1. The van der Waals surface area contributed by atoms with Crippen molar-refractivity contribution in [3.8, 4) is 0 Å². The Morgan fingerprint density at radius 3 is 2.40 bits per heavy atom. The minimum absolute atomic E-state index is 0.0369. The summed E-state index contributed by atoms with van der Waals surface area (Å²) < 4.78 is 0. The number of amides is 2. The van der Waals surface area contributed by atoms with E-state index in [2.05, 4.69) is 18.5 Å². The van der Waals surface area contributed by atoms with Gasteiger partial charge < -0.3 is 10.2 Å². The van der Waals surface area contributed by atoms with Crippen molar-refractivity contribution < 1.29 is 9.59 Å². The molecule has 1 saturated heterocycles. The van der Waals surface area contributed by atoms with Crippen LogP contribution in [0.3, 0.4) is 0 Å². The average Bonchev–Trinajstić information content (AvgIpc) is 2.84. The van der Waals surface area contributed by atoms with Gasteiger partial charge in [0.05, 0.1) is 0 Å². The highest BCUT2D eigenvalue weighted by Crippen LogP contribution is 2.36. The number of carbonyl (C=O) groups is 2. The van der Waals surface area contributed by atoms with Crippen molar-refractivity contribution in [2.45, 2.75) is 63.3 Å². The summed E-state index contributed by atoms with van der Waals surface area (Å²) in [5, 5.41) is 3.41. The Kier molecular flexibility index (Phi) is 4.67. The highest BCUT2D eigenvalue weighted by Gasteiger charge is 2.52. The van der Waals surface area contributed by atoms with Crippen LogP contribution in [0.15, 0.2) is 0 Å². The maximum atomic E-state index is 13.0. The first kappa shape index (κ1) is 15.7. The van der Waals surface area contributed by atoms with E-state index < -0.39 is 5.54 Å². The van der Waals surface area contributed by atoms with Gasteiger partial charge >= 0.3 is 0 Å². The van der Waals surface area contributed by atoms with Crippen LogP contribution in [-0.2, 0) is 9.59 Å². The van der Waals surface area contributed by atoms with E-state index in [4.69, 9.17) is 0 Å². The Hall–Kier alpha value is -0.710. The Balaban J connectivity index is 2.28. The van der Waals surface area contributed by atoms with Crippen LogP contribution in [0, 0.1) is 5.92 Å². The first-order valence-corrected chi connectivity index (χ1v) is 8.86. The zero-order chi connectivity index (χ0) is 14.9. The summed E-state index contributed by atoms with van der Waals surface area (Å²) in [6, 6.07) is -0.316. The van der Waals surface area contributed by atoms with E-state index >= 15 is 0 Å². The van der Waals surface area contributed by atoms with E-state index in [1.54, 1.807) is 11.8 Å². The summed E-state index contributed by atoms with van der Waals surface area (Å²) in [6.45, 7) is 6.81. The van der Waals surface area contributed by atoms with Crippen LogP contribution in [0.5, 0.6) is 0 Å². The molecule has 4 nitrogen and oxygen atoms in total. The molecule has 1 heterocycles. The van der Waals surface area contributed by atoms with Gasteiger partial charge in [-0.2, -0.15) is 11.8 Å². The molecule has 2 atom stereocenters. The molecule has 2 aliphatic rings. The lowest BCUT2D eigenvalue weighted by atomic mass is 9.87. The molecule has 1 saturated carbocycles. The summed E-state index contributed by atoms with van der Waals surface area (Å²) in [5.41, 5.74) is -0.597. The van der Waals surface area contributed by atoms with Gasteiger partial charge in [0.25, 0.3) is 0 Å². The fraction of sp³-hybridized carbons (Fsp3) is 0.867. The molecule has 1 spiro atoms. The van der Waals surface area contributed by atoms with Gasteiger partial charge in [0.15, 0.2) is 0 Å². The molecule has 0 radical (unpaired) electrons.